The van der Waals surface area contributed by atoms with Crippen LogP contribution in [0.5, 0.6) is 0 Å². The molecule has 0 aliphatic rings. The molecule has 5 heteroatoms. The van der Waals surface area contributed by atoms with E-state index in [4.69, 9.17) is 16.6 Å². The van der Waals surface area contributed by atoms with E-state index in [2.05, 4.69) is 0 Å². The number of carboxylic acid groups (broad SMARTS) is 1. The van der Waals surface area contributed by atoms with Gasteiger partial charge in [-0.15, -0.1) is 11.3 Å². The lowest BCUT2D eigenvalue weighted by Crippen LogP contribution is -2.31. The van der Waals surface area contributed by atoms with Crippen LogP contribution in [-0.4, -0.2) is 17.1 Å². The highest BCUT2D eigenvalue weighted by atomic mass is 32.1. The van der Waals surface area contributed by atoms with E-state index in [1.54, 1.807) is 0 Å². The van der Waals surface area contributed by atoms with Crippen LogP contribution >= 0.6 is 11.3 Å². The first-order valence-corrected chi connectivity index (χ1v) is 4.71. The molecule has 13 heavy (non-hydrogen) atoms. The number of carboxylic acids is 1. The molecular formula is C8H12N2O2S. The number of thiophene rings is 1. The molecule has 0 saturated heterocycles. The van der Waals surface area contributed by atoms with Gasteiger partial charge in [0.15, 0.2) is 0 Å². The first kappa shape index (κ1) is 10.2. The predicted octanol–water partition coefficient (Wildman–Crippen LogP) is 0.161. The van der Waals surface area contributed by atoms with E-state index in [0.717, 1.165) is 9.75 Å². The number of hydrogen-bond acceptors (Lipinski definition) is 4. The van der Waals surface area contributed by atoms with Crippen molar-refractivity contribution < 1.29 is 9.90 Å². The molecule has 0 fully saturated rings. The monoisotopic (exact) mass is 200 g/mol. The molecule has 0 amide bonds. The van der Waals surface area contributed by atoms with Crippen molar-refractivity contribution in [1.82, 2.24) is 0 Å². The summed E-state index contributed by atoms with van der Waals surface area (Å²) in [6.45, 7) is 0.493. The summed E-state index contributed by atoms with van der Waals surface area (Å²) in [5.41, 5.74) is 10.8. The zero-order valence-corrected chi connectivity index (χ0v) is 7.88. The molecular weight excluding hydrogens is 188 g/mol. The summed E-state index contributed by atoms with van der Waals surface area (Å²) in [5, 5.41) is 8.56. The predicted molar refractivity (Wildman–Crippen MR) is 51.5 cm³/mol. The molecule has 0 bridgehead atoms. The molecule has 4 nitrogen and oxygen atoms in total. The average Bonchev–Trinajstić information content (AvgIpc) is 2.52. The highest BCUT2D eigenvalue weighted by Gasteiger charge is 2.12. The summed E-state index contributed by atoms with van der Waals surface area (Å²) >= 11 is 1.51. The maximum atomic E-state index is 10.4. The van der Waals surface area contributed by atoms with Crippen molar-refractivity contribution in [2.45, 2.75) is 19.0 Å². The van der Waals surface area contributed by atoms with E-state index in [1.807, 2.05) is 12.1 Å². The van der Waals surface area contributed by atoms with Gasteiger partial charge in [0.1, 0.15) is 6.04 Å². The summed E-state index contributed by atoms with van der Waals surface area (Å²) in [6, 6.07) is 2.95. The van der Waals surface area contributed by atoms with Gasteiger partial charge in [0, 0.05) is 22.7 Å². The Labute approximate surface area is 80.2 Å². The number of nitrogens with two attached hydrogens (primary N) is 2. The van der Waals surface area contributed by atoms with Gasteiger partial charge in [-0.1, -0.05) is 0 Å². The fraction of sp³-hybridized carbons (Fsp3) is 0.375. The van der Waals surface area contributed by atoms with Crippen LogP contribution in [0.2, 0.25) is 0 Å². The molecule has 1 aromatic heterocycles. The number of carbonyl (C=O) groups is 1. The van der Waals surface area contributed by atoms with Crippen molar-refractivity contribution in [1.29, 1.82) is 0 Å². The second-order valence-electron chi connectivity index (χ2n) is 2.72. The van der Waals surface area contributed by atoms with Gasteiger partial charge < -0.3 is 16.6 Å². The Balaban J connectivity index is 2.58. The smallest absolute Gasteiger partial charge is 0.320 e. The standard InChI is InChI=1S/C8H12N2O2S/c9-4-6-2-1-5(13-6)3-7(10)8(11)12/h1-2,7H,3-4,9-10H2,(H,11,12). The maximum Gasteiger partial charge on any atom is 0.320 e. The maximum absolute atomic E-state index is 10.4. The van der Waals surface area contributed by atoms with E-state index in [0.29, 0.717) is 13.0 Å². The minimum atomic E-state index is -0.970. The van der Waals surface area contributed by atoms with E-state index < -0.39 is 12.0 Å². The number of hydrogen-bond donors (Lipinski definition) is 3. The van der Waals surface area contributed by atoms with Crippen molar-refractivity contribution in [2.24, 2.45) is 11.5 Å². The topological polar surface area (TPSA) is 89.3 Å². The van der Waals surface area contributed by atoms with Gasteiger partial charge in [0.25, 0.3) is 0 Å². The van der Waals surface area contributed by atoms with Crippen LogP contribution in [-0.2, 0) is 17.8 Å². The summed E-state index contributed by atoms with van der Waals surface area (Å²) < 4.78 is 0. The molecule has 1 rings (SSSR count). The SMILES string of the molecule is NCc1ccc(CC(N)C(=O)O)s1. The molecule has 5 N–H and O–H groups in total. The van der Waals surface area contributed by atoms with Crippen LogP contribution in [0.15, 0.2) is 12.1 Å². The third-order valence-electron chi connectivity index (χ3n) is 1.66. The number of rotatable bonds is 4. The van der Waals surface area contributed by atoms with Gasteiger partial charge in [-0.25, -0.2) is 0 Å². The van der Waals surface area contributed by atoms with Gasteiger partial charge in [-0.2, -0.15) is 0 Å². The molecule has 0 spiro atoms. The fourth-order valence-corrected chi connectivity index (χ4v) is 1.90. The van der Waals surface area contributed by atoms with Gasteiger partial charge in [-0.3, -0.25) is 4.79 Å². The Morgan fingerprint density at radius 2 is 2.15 bits per heavy atom. The molecule has 1 atom stereocenters. The fourth-order valence-electron chi connectivity index (χ4n) is 0.946. The zero-order valence-electron chi connectivity index (χ0n) is 7.06. The molecule has 0 aromatic carbocycles. The van der Waals surface area contributed by atoms with Gasteiger partial charge in [-0.05, 0) is 12.1 Å². The lowest BCUT2D eigenvalue weighted by atomic mass is 10.2. The summed E-state index contributed by atoms with van der Waals surface area (Å²) in [7, 11) is 0. The van der Waals surface area contributed by atoms with Crippen molar-refractivity contribution in [2.75, 3.05) is 0 Å². The second kappa shape index (κ2) is 4.36. The Hall–Kier alpha value is -0.910. The highest BCUT2D eigenvalue weighted by molar-refractivity contribution is 7.12. The third-order valence-corrected chi connectivity index (χ3v) is 2.79. The summed E-state index contributed by atoms with van der Waals surface area (Å²) in [5.74, 6) is -0.970. The van der Waals surface area contributed by atoms with Crippen molar-refractivity contribution >= 4 is 17.3 Å². The Morgan fingerprint density at radius 1 is 1.54 bits per heavy atom. The van der Waals surface area contributed by atoms with E-state index >= 15 is 0 Å². The average molecular weight is 200 g/mol. The normalized spacial score (nSPS) is 12.8. The minimum absolute atomic E-state index is 0.375. The first-order valence-electron chi connectivity index (χ1n) is 3.89. The van der Waals surface area contributed by atoms with Crippen molar-refractivity contribution in [3.63, 3.8) is 0 Å². The molecule has 0 radical (unpaired) electrons. The van der Waals surface area contributed by atoms with Crippen molar-refractivity contribution in [3.05, 3.63) is 21.9 Å². The third kappa shape index (κ3) is 2.80. The highest BCUT2D eigenvalue weighted by Crippen LogP contribution is 2.16. The molecule has 72 valence electrons. The van der Waals surface area contributed by atoms with Gasteiger partial charge in [0.2, 0.25) is 0 Å². The molecule has 0 aliphatic carbocycles. The van der Waals surface area contributed by atoms with Gasteiger partial charge in [0.05, 0.1) is 0 Å². The second-order valence-corrected chi connectivity index (χ2v) is 3.97. The lowest BCUT2D eigenvalue weighted by molar-refractivity contribution is -0.138. The van der Waals surface area contributed by atoms with Crippen molar-refractivity contribution in [3.8, 4) is 0 Å². The molecule has 1 aromatic rings. The van der Waals surface area contributed by atoms with Crippen LogP contribution in [0.3, 0.4) is 0 Å². The Morgan fingerprint density at radius 3 is 2.62 bits per heavy atom. The zero-order chi connectivity index (χ0) is 9.84. The van der Waals surface area contributed by atoms with E-state index in [1.165, 1.54) is 11.3 Å². The minimum Gasteiger partial charge on any atom is -0.480 e. The Bertz CT molecular complexity index is 298. The van der Waals surface area contributed by atoms with Crippen LogP contribution in [0.4, 0.5) is 0 Å². The lowest BCUT2D eigenvalue weighted by Gasteiger charge is -2.02. The summed E-state index contributed by atoms with van der Waals surface area (Å²) in [6.07, 6.45) is 0.375. The first-order chi connectivity index (χ1) is 6.13. The van der Waals surface area contributed by atoms with Crippen LogP contribution in [0.25, 0.3) is 0 Å². The summed E-state index contributed by atoms with van der Waals surface area (Å²) in [4.78, 5) is 12.5. The van der Waals surface area contributed by atoms with Crippen LogP contribution in [0.1, 0.15) is 9.75 Å². The van der Waals surface area contributed by atoms with Crippen LogP contribution < -0.4 is 11.5 Å². The van der Waals surface area contributed by atoms with Gasteiger partial charge >= 0.3 is 5.97 Å². The number of aliphatic carboxylic acids is 1. The van der Waals surface area contributed by atoms with Crippen LogP contribution in [0, 0.1) is 0 Å². The molecule has 0 aliphatic heterocycles. The molecule has 0 saturated carbocycles. The van der Waals surface area contributed by atoms with E-state index in [-0.39, 0.29) is 0 Å². The Kier molecular flexibility index (Phi) is 3.41. The largest absolute Gasteiger partial charge is 0.480 e. The molecule has 1 heterocycles. The van der Waals surface area contributed by atoms with E-state index in [9.17, 15) is 4.79 Å². The molecule has 1 unspecified atom stereocenters. The quantitative estimate of drug-likeness (QED) is 0.646.